The van der Waals surface area contributed by atoms with E-state index in [1.54, 1.807) is 0 Å². The van der Waals surface area contributed by atoms with Crippen molar-refractivity contribution in [1.82, 2.24) is 10.6 Å². The van der Waals surface area contributed by atoms with E-state index in [2.05, 4.69) is 10.6 Å². The summed E-state index contributed by atoms with van der Waals surface area (Å²) in [4.78, 5) is 12.6. The van der Waals surface area contributed by atoms with Crippen molar-refractivity contribution in [1.29, 1.82) is 0 Å². The number of hydrogen-bond donors (Lipinski definition) is 2. The Morgan fingerprint density at radius 3 is 2.68 bits per heavy atom. The van der Waals surface area contributed by atoms with Crippen molar-refractivity contribution in [3.63, 3.8) is 0 Å². The maximum absolute atomic E-state index is 12.6. The van der Waals surface area contributed by atoms with Gasteiger partial charge in [-0.3, -0.25) is 4.79 Å². The van der Waals surface area contributed by atoms with Crippen molar-refractivity contribution >= 4 is 18.3 Å². The highest BCUT2D eigenvalue weighted by Gasteiger charge is 2.49. The molecule has 1 aliphatic heterocycles. The van der Waals surface area contributed by atoms with Gasteiger partial charge in [0.1, 0.15) is 0 Å². The van der Waals surface area contributed by atoms with E-state index in [4.69, 9.17) is 0 Å². The molecule has 0 radical (unpaired) electrons. The number of nitrogens with one attached hydrogen (secondary N) is 2. The van der Waals surface area contributed by atoms with E-state index >= 15 is 0 Å². The van der Waals surface area contributed by atoms with E-state index in [0.29, 0.717) is 11.8 Å². The van der Waals surface area contributed by atoms with E-state index in [1.165, 1.54) is 44.9 Å². The summed E-state index contributed by atoms with van der Waals surface area (Å²) in [5.41, 5.74) is -0.0587. The van der Waals surface area contributed by atoms with E-state index in [1.807, 2.05) is 0 Å². The Labute approximate surface area is 122 Å². The van der Waals surface area contributed by atoms with Crippen LogP contribution in [0.2, 0.25) is 0 Å². The average Bonchev–Trinajstić information content (AvgIpc) is 3.05. The monoisotopic (exact) mass is 286 g/mol. The fourth-order valence-corrected chi connectivity index (χ4v) is 4.32. The fourth-order valence-electron chi connectivity index (χ4n) is 4.32. The standard InChI is InChI=1S/C15H26N2O.ClH/c18-14(17-9-12-5-1-2-6-12)15-8-4-3-7-13(15)10-16-11-15;/h12-13,16H,1-11H2,(H,17,18);1H/t13-,15+;/m0./s1. The summed E-state index contributed by atoms with van der Waals surface area (Å²) >= 11 is 0. The third kappa shape index (κ3) is 2.92. The van der Waals surface area contributed by atoms with Crippen LogP contribution in [0.1, 0.15) is 51.4 Å². The summed E-state index contributed by atoms with van der Waals surface area (Å²) in [6.45, 7) is 2.89. The Balaban J connectivity index is 0.00000133. The third-order valence-electron chi connectivity index (χ3n) is 5.52. The van der Waals surface area contributed by atoms with E-state index in [0.717, 1.165) is 32.0 Å². The van der Waals surface area contributed by atoms with Gasteiger partial charge in [0.2, 0.25) is 5.91 Å². The molecule has 3 aliphatic rings. The highest BCUT2D eigenvalue weighted by Crippen LogP contribution is 2.43. The van der Waals surface area contributed by atoms with Crippen LogP contribution in [0.25, 0.3) is 0 Å². The largest absolute Gasteiger partial charge is 0.355 e. The molecule has 1 amide bonds. The van der Waals surface area contributed by atoms with Crippen molar-refractivity contribution in [3.8, 4) is 0 Å². The summed E-state index contributed by atoms with van der Waals surface area (Å²) in [7, 11) is 0. The number of amides is 1. The molecular weight excluding hydrogens is 260 g/mol. The summed E-state index contributed by atoms with van der Waals surface area (Å²) in [5, 5.41) is 6.73. The molecule has 2 saturated carbocycles. The zero-order valence-electron chi connectivity index (χ0n) is 11.7. The lowest BCUT2D eigenvalue weighted by Crippen LogP contribution is -2.48. The molecule has 110 valence electrons. The maximum Gasteiger partial charge on any atom is 0.227 e. The van der Waals surface area contributed by atoms with Crippen LogP contribution >= 0.6 is 12.4 Å². The molecule has 0 aromatic heterocycles. The van der Waals surface area contributed by atoms with Gasteiger partial charge in [0, 0.05) is 13.1 Å². The predicted octanol–water partition coefficient (Wildman–Crippen LogP) is 2.49. The van der Waals surface area contributed by atoms with E-state index in [9.17, 15) is 4.79 Å². The molecule has 2 N–H and O–H groups in total. The number of hydrogen-bond acceptors (Lipinski definition) is 2. The van der Waals surface area contributed by atoms with Crippen LogP contribution in [0.15, 0.2) is 0 Å². The van der Waals surface area contributed by atoms with Crippen molar-refractivity contribution in [2.45, 2.75) is 51.4 Å². The van der Waals surface area contributed by atoms with Crippen LogP contribution in [0, 0.1) is 17.3 Å². The lowest BCUT2D eigenvalue weighted by Gasteiger charge is -2.37. The van der Waals surface area contributed by atoms with Gasteiger partial charge in [0.05, 0.1) is 5.41 Å². The van der Waals surface area contributed by atoms with Gasteiger partial charge in [-0.2, -0.15) is 0 Å². The molecular formula is C15H27ClN2O. The molecule has 1 heterocycles. The smallest absolute Gasteiger partial charge is 0.227 e. The molecule has 1 saturated heterocycles. The van der Waals surface area contributed by atoms with Gasteiger partial charge in [0.15, 0.2) is 0 Å². The van der Waals surface area contributed by atoms with Crippen molar-refractivity contribution in [2.24, 2.45) is 17.3 Å². The topological polar surface area (TPSA) is 41.1 Å². The summed E-state index contributed by atoms with van der Waals surface area (Å²) in [6.07, 6.45) is 10.2. The Morgan fingerprint density at radius 1 is 1.16 bits per heavy atom. The number of carbonyl (C=O) groups excluding carboxylic acids is 1. The molecule has 0 bridgehead atoms. The SMILES string of the molecule is Cl.O=C(NCC1CCCC1)[C@@]12CCCC[C@H]1CNC2. The normalized spacial score (nSPS) is 34.6. The molecule has 4 heteroatoms. The molecule has 0 aromatic rings. The quantitative estimate of drug-likeness (QED) is 0.837. The molecule has 3 fully saturated rings. The van der Waals surface area contributed by atoms with Gasteiger partial charge < -0.3 is 10.6 Å². The number of halogens is 1. The third-order valence-corrected chi connectivity index (χ3v) is 5.52. The number of fused-ring (bicyclic) bond motifs is 1. The molecule has 2 atom stereocenters. The molecule has 2 aliphatic carbocycles. The van der Waals surface area contributed by atoms with Crippen LogP contribution < -0.4 is 10.6 Å². The zero-order chi connectivity index (χ0) is 12.4. The molecule has 3 rings (SSSR count). The second kappa shape index (κ2) is 6.45. The van der Waals surface area contributed by atoms with Crippen LogP contribution in [-0.4, -0.2) is 25.5 Å². The minimum Gasteiger partial charge on any atom is -0.355 e. The lowest BCUT2D eigenvalue weighted by molar-refractivity contribution is -0.134. The van der Waals surface area contributed by atoms with Crippen LogP contribution in [0.4, 0.5) is 0 Å². The first kappa shape index (κ1) is 15.1. The first-order valence-electron chi connectivity index (χ1n) is 7.80. The van der Waals surface area contributed by atoms with Gasteiger partial charge in [-0.1, -0.05) is 25.7 Å². The fraction of sp³-hybridized carbons (Fsp3) is 0.933. The Kier molecular flexibility index (Phi) is 5.13. The second-order valence-electron chi connectivity index (χ2n) is 6.59. The van der Waals surface area contributed by atoms with Gasteiger partial charge in [-0.15, -0.1) is 12.4 Å². The van der Waals surface area contributed by atoms with E-state index in [-0.39, 0.29) is 17.8 Å². The van der Waals surface area contributed by atoms with Crippen LogP contribution in [-0.2, 0) is 4.79 Å². The molecule has 0 aromatic carbocycles. The highest BCUT2D eigenvalue weighted by atomic mass is 35.5. The molecule has 3 nitrogen and oxygen atoms in total. The minimum atomic E-state index is -0.0587. The average molecular weight is 287 g/mol. The minimum absolute atomic E-state index is 0. The van der Waals surface area contributed by atoms with Gasteiger partial charge in [0.25, 0.3) is 0 Å². The molecule has 0 unspecified atom stereocenters. The molecule has 0 spiro atoms. The Hall–Kier alpha value is -0.280. The molecule has 19 heavy (non-hydrogen) atoms. The van der Waals surface area contributed by atoms with E-state index < -0.39 is 0 Å². The Morgan fingerprint density at radius 2 is 1.89 bits per heavy atom. The lowest BCUT2D eigenvalue weighted by atomic mass is 9.67. The zero-order valence-corrected chi connectivity index (χ0v) is 12.6. The number of rotatable bonds is 3. The van der Waals surface area contributed by atoms with Crippen molar-refractivity contribution in [2.75, 3.05) is 19.6 Å². The van der Waals surface area contributed by atoms with Crippen LogP contribution in [0.3, 0.4) is 0 Å². The first-order valence-corrected chi connectivity index (χ1v) is 7.80. The summed E-state index contributed by atoms with van der Waals surface area (Å²) in [5.74, 6) is 1.70. The highest BCUT2D eigenvalue weighted by molar-refractivity contribution is 5.85. The summed E-state index contributed by atoms with van der Waals surface area (Å²) < 4.78 is 0. The van der Waals surface area contributed by atoms with Gasteiger partial charge in [-0.05, 0) is 44.1 Å². The number of carbonyl (C=O) groups is 1. The Bertz CT molecular complexity index is 317. The van der Waals surface area contributed by atoms with Crippen LogP contribution in [0.5, 0.6) is 0 Å². The van der Waals surface area contributed by atoms with Gasteiger partial charge >= 0.3 is 0 Å². The summed E-state index contributed by atoms with van der Waals surface area (Å²) in [6, 6.07) is 0. The van der Waals surface area contributed by atoms with Crippen molar-refractivity contribution < 1.29 is 4.79 Å². The predicted molar refractivity (Wildman–Crippen MR) is 79.5 cm³/mol. The van der Waals surface area contributed by atoms with Gasteiger partial charge in [-0.25, -0.2) is 0 Å². The van der Waals surface area contributed by atoms with Crippen molar-refractivity contribution in [3.05, 3.63) is 0 Å². The first-order chi connectivity index (χ1) is 8.81. The maximum atomic E-state index is 12.6. The second-order valence-corrected chi connectivity index (χ2v) is 6.59.